The van der Waals surface area contributed by atoms with Crippen LogP contribution in [0.4, 0.5) is 17.6 Å². The Bertz CT molecular complexity index is 873. The molecule has 1 aromatic heterocycles. The van der Waals surface area contributed by atoms with Crippen LogP contribution in [0.3, 0.4) is 0 Å². The molecule has 2 aromatic rings. The van der Waals surface area contributed by atoms with Crippen molar-refractivity contribution >= 4 is 23.1 Å². The van der Waals surface area contributed by atoms with Gasteiger partial charge in [0.15, 0.2) is 6.61 Å². The molecule has 0 radical (unpaired) electrons. The molecule has 164 valence electrons. The van der Waals surface area contributed by atoms with Gasteiger partial charge < -0.3 is 14.5 Å². The first-order valence-corrected chi connectivity index (χ1v) is 9.07. The van der Waals surface area contributed by atoms with Gasteiger partial charge in [-0.2, -0.15) is 0 Å². The van der Waals surface area contributed by atoms with Crippen molar-refractivity contribution in [3.8, 4) is 5.75 Å². The fourth-order valence-corrected chi connectivity index (χ4v) is 2.25. The molecule has 0 saturated carbocycles. The number of halogens is 5. The van der Waals surface area contributed by atoms with Gasteiger partial charge in [-0.3, -0.25) is 9.53 Å². The Hall–Kier alpha value is -2.66. The lowest BCUT2D eigenvalue weighted by Crippen LogP contribution is -2.29. The predicted molar refractivity (Wildman–Crippen MR) is 98.2 cm³/mol. The monoisotopic (exact) mass is 451 g/mol. The number of hydrogen-bond donors (Lipinski definition) is 1. The number of nitrogens with one attached hydrogen (secondary N) is 1. The summed E-state index contributed by atoms with van der Waals surface area (Å²) in [5.74, 6) is -0.643. The minimum absolute atomic E-state index is 0.0517. The highest BCUT2D eigenvalue weighted by Crippen LogP contribution is 2.20. The lowest BCUT2D eigenvalue weighted by atomic mass is 10.2. The fourth-order valence-electron chi connectivity index (χ4n) is 2.14. The molecule has 0 bridgehead atoms. The van der Waals surface area contributed by atoms with Gasteiger partial charge in [-0.1, -0.05) is 18.2 Å². The molecule has 1 aromatic carbocycles. The minimum Gasteiger partial charge on any atom is -0.484 e. The molecule has 0 saturated heterocycles. The van der Waals surface area contributed by atoms with Crippen molar-refractivity contribution in [2.24, 2.45) is 0 Å². The van der Waals surface area contributed by atoms with Gasteiger partial charge in [0.1, 0.15) is 11.6 Å². The molecular weight excluding hydrogens is 434 g/mol. The Morgan fingerprint density at radius 3 is 2.77 bits per heavy atom. The summed E-state index contributed by atoms with van der Waals surface area (Å²) in [6.07, 6.45) is -4.20. The summed E-state index contributed by atoms with van der Waals surface area (Å²) < 4.78 is 63.1. The van der Waals surface area contributed by atoms with E-state index in [9.17, 15) is 22.4 Å². The molecular formula is C18H18ClF4N3O4. The maximum atomic E-state index is 13.3. The molecule has 0 fully saturated rings. The highest BCUT2D eigenvalue weighted by atomic mass is 35.5. The molecule has 30 heavy (non-hydrogen) atoms. The van der Waals surface area contributed by atoms with Crippen molar-refractivity contribution in [3.63, 3.8) is 0 Å². The van der Waals surface area contributed by atoms with Gasteiger partial charge in [0.05, 0.1) is 11.6 Å². The van der Waals surface area contributed by atoms with E-state index in [1.54, 1.807) is 0 Å². The maximum absolute atomic E-state index is 13.3. The SMILES string of the molecule is C=C(CCNC(=O)COc1ccc(Cl)c(F)c1)c1nnc(CCCOC(F)(F)F)o1. The van der Waals surface area contributed by atoms with E-state index >= 15 is 0 Å². The van der Waals surface area contributed by atoms with E-state index in [1.807, 2.05) is 0 Å². The summed E-state index contributed by atoms with van der Waals surface area (Å²) >= 11 is 5.56. The van der Waals surface area contributed by atoms with Crippen molar-refractivity contribution in [1.29, 1.82) is 0 Å². The molecule has 0 atom stereocenters. The molecule has 2 rings (SSSR count). The first-order chi connectivity index (χ1) is 14.1. The standard InChI is InChI=1S/C18H18ClF4N3O4/c1-11(17-26-25-16(30-17)3-2-8-29-18(21,22)23)6-7-24-15(27)10-28-12-4-5-13(19)14(20)9-12/h4-5,9H,1-3,6-8,10H2,(H,24,27). The van der Waals surface area contributed by atoms with E-state index in [4.69, 9.17) is 20.8 Å². The fraction of sp³-hybridized carbons (Fsp3) is 0.389. The number of rotatable bonds is 11. The molecule has 0 aliphatic carbocycles. The van der Waals surface area contributed by atoms with Crippen molar-refractivity contribution in [2.75, 3.05) is 19.8 Å². The van der Waals surface area contributed by atoms with Gasteiger partial charge in [-0.05, 0) is 25.0 Å². The number of hydrogen-bond acceptors (Lipinski definition) is 6. The highest BCUT2D eigenvalue weighted by Gasteiger charge is 2.28. The lowest BCUT2D eigenvalue weighted by Gasteiger charge is -2.08. The van der Waals surface area contributed by atoms with Crippen LogP contribution >= 0.6 is 11.6 Å². The summed E-state index contributed by atoms with van der Waals surface area (Å²) in [7, 11) is 0. The number of alkyl halides is 3. The summed E-state index contributed by atoms with van der Waals surface area (Å²) in [6, 6.07) is 3.82. The molecule has 7 nitrogen and oxygen atoms in total. The second kappa shape index (κ2) is 10.9. The zero-order valence-electron chi connectivity index (χ0n) is 15.6. The number of carbonyl (C=O) groups excluding carboxylic acids is 1. The molecule has 1 amide bonds. The number of amides is 1. The van der Waals surface area contributed by atoms with Crippen LogP contribution in [-0.2, 0) is 16.0 Å². The van der Waals surface area contributed by atoms with Gasteiger partial charge in [-0.25, -0.2) is 4.39 Å². The number of ether oxygens (including phenoxy) is 2. The van der Waals surface area contributed by atoms with Crippen LogP contribution in [0.15, 0.2) is 29.2 Å². The molecule has 12 heteroatoms. The van der Waals surface area contributed by atoms with E-state index in [0.29, 0.717) is 12.0 Å². The average Bonchev–Trinajstić information content (AvgIpc) is 3.14. The predicted octanol–water partition coefficient (Wildman–Crippen LogP) is 3.93. The topological polar surface area (TPSA) is 86.5 Å². The van der Waals surface area contributed by atoms with E-state index in [2.05, 4.69) is 26.8 Å². The van der Waals surface area contributed by atoms with Gasteiger partial charge >= 0.3 is 6.36 Å². The quantitative estimate of drug-likeness (QED) is 0.411. The summed E-state index contributed by atoms with van der Waals surface area (Å²) in [4.78, 5) is 11.8. The molecule has 0 aliphatic heterocycles. The van der Waals surface area contributed by atoms with Gasteiger partial charge in [0.25, 0.3) is 5.91 Å². The highest BCUT2D eigenvalue weighted by molar-refractivity contribution is 6.30. The second-order valence-electron chi connectivity index (χ2n) is 5.97. The second-order valence-corrected chi connectivity index (χ2v) is 6.37. The van der Waals surface area contributed by atoms with Crippen LogP contribution in [0.2, 0.25) is 5.02 Å². The maximum Gasteiger partial charge on any atom is 0.522 e. The van der Waals surface area contributed by atoms with Crippen molar-refractivity contribution in [2.45, 2.75) is 25.6 Å². The van der Waals surface area contributed by atoms with Crippen molar-refractivity contribution in [1.82, 2.24) is 15.5 Å². The van der Waals surface area contributed by atoms with Crippen LogP contribution in [0.5, 0.6) is 5.75 Å². The zero-order valence-corrected chi connectivity index (χ0v) is 16.4. The first-order valence-electron chi connectivity index (χ1n) is 8.70. The number of aryl methyl sites for hydroxylation is 1. The van der Waals surface area contributed by atoms with Crippen LogP contribution in [0.25, 0.3) is 5.57 Å². The molecule has 0 unspecified atom stereocenters. The molecule has 0 aliphatic rings. The normalized spacial score (nSPS) is 11.4. The van der Waals surface area contributed by atoms with Crippen LogP contribution in [-0.4, -0.2) is 42.2 Å². The first kappa shape index (κ1) is 23.6. The van der Waals surface area contributed by atoms with E-state index in [0.717, 1.165) is 6.07 Å². The summed E-state index contributed by atoms with van der Waals surface area (Å²) in [5.41, 5.74) is 0.446. The van der Waals surface area contributed by atoms with Gasteiger partial charge in [-0.15, -0.1) is 23.4 Å². The zero-order chi connectivity index (χ0) is 22.1. The lowest BCUT2D eigenvalue weighted by molar-refractivity contribution is -0.324. The Balaban J connectivity index is 1.66. The number of nitrogens with zero attached hydrogens (tertiary/aromatic N) is 2. The van der Waals surface area contributed by atoms with Crippen molar-refractivity contribution < 1.29 is 36.2 Å². The Morgan fingerprint density at radius 2 is 2.07 bits per heavy atom. The van der Waals surface area contributed by atoms with Gasteiger partial charge in [0.2, 0.25) is 11.8 Å². The summed E-state index contributed by atoms with van der Waals surface area (Å²) in [5, 5.41) is 10.0. The van der Waals surface area contributed by atoms with Crippen LogP contribution in [0.1, 0.15) is 24.6 Å². The minimum atomic E-state index is -4.67. The third-order valence-electron chi connectivity index (χ3n) is 3.58. The molecule has 1 N–H and O–H groups in total. The Kier molecular flexibility index (Phi) is 8.60. The number of benzene rings is 1. The smallest absolute Gasteiger partial charge is 0.484 e. The van der Waals surface area contributed by atoms with E-state index in [-0.39, 0.29) is 48.5 Å². The van der Waals surface area contributed by atoms with Crippen LogP contribution in [0, 0.1) is 5.82 Å². The largest absolute Gasteiger partial charge is 0.522 e. The van der Waals surface area contributed by atoms with E-state index < -0.39 is 24.7 Å². The summed E-state index contributed by atoms with van der Waals surface area (Å²) in [6.45, 7) is 3.13. The van der Waals surface area contributed by atoms with E-state index in [1.165, 1.54) is 12.1 Å². The number of aromatic nitrogens is 2. The number of carbonyl (C=O) groups is 1. The Morgan fingerprint density at radius 1 is 1.30 bits per heavy atom. The van der Waals surface area contributed by atoms with Crippen LogP contribution < -0.4 is 10.1 Å². The average molecular weight is 452 g/mol. The third-order valence-corrected chi connectivity index (χ3v) is 3.89. The van der Waals surface area contributed by atoms with Crippen molar-refractivity contribution in [3.05, 3.63) is 47.4 Å². The molecule has 1 heterocycles. The van der Waals surface area contributed by atoms with Gasteiger partial charge in [0, 0.05) is 24.6 Å². The molecule has 0 spiro atoms. The third kappa shape index (κ3) is 8.37. The Labute approximate surface area is 174 Å².